The number of primary amides is 1. The molecule has 0 heterocycles. The number of benzene rings is 1. The maximum absolute atomic E-state index is 13.4. The fourth-order valence-electron chi connectivity index (χ4n) is 5.54. The van der Waals surface area contributed by atoms with Crippen molar-refractivity contribution in [3.05, 3.63) is 46.2 Å². The molecule has 0 fully saturated rings. The number of aliphatic hydroxyl groups excluding tert-OH is 2. The molecule has 10 heteroatoms. The number of anilines is 1. The maximum atomic E-state index is 13.4. The molecule has 0 radical (unpaired) electrons. The summed E-state index contributed by atoms with van der Waals surface area (Å²) in [5.41, 5.74) is 8.11. The number of phenols is 1. The van der Waals surface area contributed by atoms with Crippen LogP contribution in [0, 0.1) is 11.8 Å². The molecule has 0 aromatic heterocycles. The second kappa shape index (κ2) is 6.89. The van der Waals surface area contributed by atoms with Gasteiger partial charge < -0.3 is 31.9 Å². The van der Waals surface area contributed by atoms with Gasteiger partial charge in [-0.05, 0) is 37.7 Å². The van der Waals surface area contributed by atoms with E-state index < -0.39 is 70.1 Å². The summed E-state index contributed by atoms with van der Waals surface area (Å²) in [5, 5.41) is 44.0. The predicted octanol–water partition coefficient (Wildman–Crippen LogP) is -0.651. The Bertz CT molecular complexity index is 1140. The Balaban J connectivity index is 2.00. The Hall–Kier alpha value is -3.21. The third-order valence-corrected chi connectivity index (χ3v) is 7.01. The lowest BCUT2D eigenvalue weighted by Gasteiger charge is -2.52. The number of ketones is 2. The van der Waals surface area contributed by atoms with E-state index in [0.29, 0.717) is 5.56 Å². The number of aliphatic hydroxyl groups is 3. The number of fused-ring (bicyclic) bond motifs is 3. The van der Waals surface area contributed by atoms with Crippen molar-refractivity contribution in [1.29, 1.82) is 0 Å². The largest absolute Gasteiger partial charge is 0.510 e. The van der Waals surface area contributed by atoms with Gasteiger partial charge in [0.2, 0.25) is 5.78 Å². The number of rotatable bonds is 2. The van der Waals surface area contributed by atoms with Gasteiger partial charge in [0.15, 0.2) is 11.4 Å². The molecule has 170 valence electrons. The fraction of sp³-hybridized carbons (Fsp3) is 0.409. The molecule has 0 bridgehead atoms. The number of carbonyl (C=O) groups excluding carboxylic acids is 3. The Morgan fingerprint density at radius 2 is 1.81 bits per heavy atom. The van der Waals surface area contributed by atoms with Crippen molar-refractivity contribution >= 4 is 23.2 Å². The van der Waals surface area contributed by atoms with Crippen LogP contribution in [0.25, 0.3) is 0 Å². The van der Waals surface area contributed by atoms with Crippen LogP contribution in [0.4, 0.5) is 5.69 Å². The SMILES string of the molecule is C[C@H]1c2ccc(N)c(O)c2C(=O)C2=C[C@]3(O)C(=O)C(C(N)=O)=C(O)[C@@H](N(C)C)[C@@H]3[C@@H](O)[C@@H]21. The van der Waals surface area contributed by atoms with Crippen LogP contribution in [-0.4, -0.2) is 74.6 Å². The van der Waals surface area contributed by atoms with E-state index in [-0.39, 0.29) is 16.8 Å². The molecule has 0 saturated carbocycles. The highest BCUT2D eigenvalue weighted by Gasteiger charge is 2.63. The number of nitrogens with two attached hydrogens (primary N) is 2. The summed E-state index contributed by atoms with van der Waals surface area (Å²) in [6.45, 7) is 1.74. The third-order valence-electron chi connectivity index (χ3n) is 7.01. The highest BCUT2D eigenvalue weighted by atomic mass is 16.3. The van der Waals surface area contributed by atoms with Crippen molar-refractivity contribution in [1.82, 2.24) is 4.90 Å². The highest BCUT2D eigenvalue weighted by molar-refractivity contribution is 6.24. The second-order valence-electron chi connectivity index (χ2n) is 8.91. The first-order valence-electron chi connectivity index (χ1n) is 10.1. The zero-order valence-corrected chi connectivity index (χ0v) is 17.7. The van der Waals surface area contributed by atoms with E-state index in [4.69, 9.17) is 11.5 Å². The molecule has 1 aromatic rings. The van der Waals surface area contributed by atoms with Crippen LogP contribution in [0.3, 0.4) is 0 Å². The van der Waals surface area contributed by atoms with Gasteiger partial charge in [-0.15, -0.1) is 0 Å². The van der Waals surface area contributed by atoms with Gasteiger partial charge in [-0.1, -0.05) is 13.0 Å². The molecule has 3 aliphatic carbocycles. The number of nitrogen functional groups attached to an aromatic ring is 1. The molecule has 4 rings (SSSR count). The standard InChI is InChI=1S/C22H25N3O7/c1-7-8-4-5-10(23)17(27)12(8)16(26)9-6-22(32)14(18(28)11(7)9)15(25(2)3)19(29)13(20(22)30)21(24)31/h4-7,11,14-15,18,27-29,32H,23H2,1-3H3,(H2,24,31)/t7-,11+,14+,15-,18-,22+/m0/s1. The van der Waals surface area contributed by atoms with E-state index in [1.165, 1.54) is 11.0 Å². The first kappa shape index (κ1) is 22.0. The Kier molecular flexibility index (Phi) is 4.74. The number of hydrogen-bond donors (Lipinski definition) is 6. The van der Waals surface area contributed by atoms with Crippen molar-refractivity contribution in [3.63, 3.8) is 0 Å². The molecule has 3 aliphatic rings. The molecule has 0 spiro atoms. The molecule has 32 heavy (non-hydrogen) atoms. The quantitative estimate of drug-likeness (QED) is 0.196. The maximum Gasteiger partial charge on any atom is 0.255 e. The Morgan fingerprint density at radius 1 is 1.19 bits per heavy atom. The molecule has 8 N–H and O–H groups in total. The third kappa shape index (κ3) is 2.60. The zero-order valence-electron chi connectivity index (χ0n) is 17.7. The number of amides is 1. The van der Waals surface area contributed by atoms with Crippen LogP contribution in [0.2, 0.25) is 0 Å². The molecule has 0 aliphatic heterocycles. The number of likely N-dealkylation sites (N-methyl/N-ethyl adjacent to an activating group) is 1. The topological polar surface area (TPSA) is 187 Å². The minimum absolute atomic E-state index is 0.0124. The van der Waals surface area contributed by atoms with Gasteiger partial charge in [0, 0.05) is 17.4 Å². The summed E-state index contributed by atoms with van der Waals surface area (Å²) in [6.07, 6.45) is -0.423. The lowest BCUT2D eigenvalue weighted by atomic mass is 9.56. The Morgan fingerprint density at radius 3 is 2.38 bits per heavy atom. The number of hydrogen-bond acceptors (Lipinski definition) is 9. The molecule has 10 nitrogen and oxygen atoms in total. The summed E-state index contributed by atoms with van der Waals surface area (Å²) in [4.78, 5) is 39.9. The number of phenolic OH excluding ortho intramolecular Hbond substituents is 1. The van der Waals surface area contributed by atoms with Crippen LogP contribution in [0.1, 0.15) is 28.8 Å². The minimum Gasteiger partial charge on any atom is -0.510 e. The van der Waals surface area contributed by atoms with Crippen molar-refractivity contribution in [3.8, 4) is 5.75 Å². The zero-order chi connectivity index (χ0) is 23.9. The normalized spacial score (nSPS) is 34.1. The van der Waals surface area contributed by atoms with Gasteiger partial charge in [-0.25, -0.2) is 0 Å². The van der Waals surface area contributed by atoms with Crippen LogP contribution < -0.4 is 11.5 Å². The molecule has 6 atom stereocenters. The van der Waals surface area contributed by atoms with Gasteiger partial charge in [0.25, 0.3) is 5.91 Å². The fourth-order valence-corrected chi connectivity index (χ4v) is 5.54. The lowest BCUT2D eigenvalue weighted by Crippen LogP contribution is -2.66. The minimum atomic E-state index is -2.49. The van der Waals surface area contributed by atoms with Crippen LogP contribution >= 0.6 is 0 Å². The smallest absolute Gasteiger partial charge is 0.255 e. The lowest BCUT2D eigenvalue weighted by molar-refractivity contribution is -0.152. The average molecular weight is 443 g/mol. The summed E-state index contributed by atoms with van der Waals surface area (Å²) in [5.74, 6) is -6.81. The van der Waals surface area contributed by atoms with Gasteiger partial charge >= 0.3 is 0 Å². The molecule has 0 saturated heterocycles. The van der Waals surface area contributed by atoms with E-state index in [0.717, 1.165) is 6.08 Å². The van der Waals surface area contributed by atoms with Crippen molar-refractivity contribution in [2.45, 2.75) is 30.6 Å². The van der Waals surface area contributed by atoms with E-state index in [1.54, 1.807) is 27.1 Å². The van der Waals surface area contributed by atoms with Gasteiger partial charge in [0.05, 0.1) is 23.4 Å². The summed E-state index contributed by atoms with van der Waals surface area (Å²) < 4.78 is 0. The van der Waals surface area contributed by atoms with Gasteiger partial charge in [-0.3, -0.25) is 19.3 Å². The molecule has 0 unspecified atom stereocenters. The molecule has 1 amide bonds. The van der Waals surface area contributed by atoms with Crippen molar-refractivity contribution in [2.75, 3.05) is 19.8 Å². The monoisotopic (exact) mass is 443 g/mol. The van der Waals surface area contributed by atoms with E-state index in [9.17, 15) is 34.8 Å². The van der Waals surface area contributed by atoms with Crippen LogP contribution in [0.15, 0.2) is 35.1 Å². The molecule has 1 aromatic carbocycles. The van der Waals surface area contributed by atoms with Crippen molar-refractivity contribution < 1.29 is 34.8 Å². The summed E-state index contributed by atoms with van der Waals surface area (Å²) in [7, 11) is 3.10. The summed E-state index contributed by atoms with van der Waals surface area (Å²) in [6, 6.07) is 1.92. The average Bonchev–Trinajstić information content (AvgIpc) is 2.69. The second-order valence-corrected chi connectivity index (χ2v) is 8.91. The first-order valence-corrected chi connectivity index (χ1v) is 10.1. The van der Waals surface area contributed by atoms with Gasteiger partial charge in [0.1, 0.15) is 17.1 Å². The van der Waals surface area contributed by atoms with E-state index in [2.05, 4.69) is 0 Å². The first-order chi connectivity index (χ1) is 14.8. The van der Waals surface area contributed by atoms with Crippen molar-refractivity contribution in [2.24, 2.45) is 17.6 Å². The molecular formula is C22H25N3O7. The highest BCUT2D eigenvalue weighted by Crippen LogP contribution is 2.53. The number of aromatic hydroxyl groups is 1. The predicted molar refractivity (Wildman–Crippen MR) is 113 cm³/mol. The van der Waals surface area contributed by atoms with Crippen LogP contribution in [-0.2, 0) is 9.59 Å². The van der Waals surface area contributed by atoms with Crippen LogP contribution in [0.5, 0.6) is 5.75 Å². The number of Topliss-reactive ketones (excluding diaryl/α,β-unsaturated/α-hetero) is 2. The Labute approximate surface area is 183 Å². The molecular weight excluding hydrogens is 418 g/mol. The summed E-state index contributed by atoms with van der Waals surface area (Å²) >= 11 is 0. The van der Waals surface area contributed by atoms with Gasteiger partial charge in [-0.2, -0.15) is 0 Å². The van der Waals surface area contributed by atoms with E-state index in [1.807, 2.05) is 0 Å². The van der Waals surface area contributed by atoms with E-state index >= 15 is 0 Å². The number of carbonyl (C=O) groups is 3. The number of nitrogens with zero attached hydrogens (tertiary/aromatic N) is 1.